The maximum atomic E-state index is 4.32. The van der Waals surface area contributed by atoms with Gasteiger partial charge in [0, 0.05) is 23.2 Å². The fourth-order valence-corrected chi connectivity index (χ4v) is 1.20. The monoisotopic (exact) mass is 209 g/mol. The predicted molar refractivity (Wildman–Crippen MR) is 63.9 cm³/mol. The summed E-state index contributed by atoms with van der Waals surface area (Å²) in [5.41, 5.74) is 2.53. The predicted octanol–water partition coefficient (Wildman–Crippen LogP) is 2.60. The van der Waals surface area contributed by atoms with Crippen LogP contribution in [-0.2, 0) is 12.0 Å². The molecule has 0 aliphatic rings. The second-order valence-electron chi connectivity index (χ2n) is 6.13. The molecule has 0 radical (unpaired) electrons. The number of nitrogens with zero attached hydrogens (tertiary/aromatic N) is 1. The van der Waals surface area contributed by atoms with Crippen LogP contribution in [0.1, 0.15) is 52.9 Å². The van der Waals surface area contributed by atoms with Gasteiger partial charge in [-0.2, -0.15) is 5.10 Å². The average molecular weight is 209 g/mol. The topological polar surface area (TPSA) is 40.7 Å². The highest BCUT2D eigenvalue weighted by Gasteiger charge is 2.17. The molecule has 1 aromatic rings. The summed E-state index contributed by atoms with van der Waals surface area (Å²) in [6, 6.07) is 2.14. The Morgan fingerprint density at radius 3 is 2.20 bits per heavy atom. The molecule has 0 fully saturated rings. The van der Waals surface area contributed by atoms with Gasteiger partial charge in [0.15, 0.2) is 0 Å². The SMILES string of the molecule is CC(C)(C)NCc1cc(C(C)(C)C)n[nH]1. The molecule has 0 bridgehead atoms. The van der Waals surface area contributed by atoms with Crippen LogP contribution in [0.15, 0.2) is 6.07 Å². The quantitative estimate of drug-likeness (QED) is 0.786. The third-order valence-electron chi connectivity index (χ3n) is 2.21. The van der Waals surface area contributed by atoms with Gasteiger partial charge in [-0.1, -0.05) is 20.8 Å². The Kier molecular flexibility index (Phi) is 3.24. The Bertz CT molecular complexity index is 312. The van der Waals surface area contributed by atoms with E-state index in [1.165, 1.54) is 0 Å². The summed E-state index contributed by atoms with van der Waals surface area (Å²) in [5.74, 6) is 0. The normalized spacial score (nSPS) is 13.2. The molecule has 3 heteroatoms. The van der Waals surface area contributed by atoms with Crippen LogP contribution >= 0.6 is 0 Å². The van der Waals surface area contributed by atoms with E-state index in [0.29, 0.717) is 0 Å². The van der Waals surface area contributed by atoms with E-state index in [0.717, 1.165) is 17.9 Å². The first kappa shape index (κ1) is 12.2. The van der Waals surface area contributed by atoms with Crippen LogP contribution < -0.4 is 5.32 Å². The van der Waals surface area contributed by atoms with Crippen molar-refractivity contribution in [1.29, 1.82) is 0 Å². The van der Waals surface area contributed by atoms with Gasteiger partial charge in [-0.05, 0) is 26.8 Å². The average Bonchev–Trinajstić information content (AvgIpc) is 2.45. The Morgan fingerprint density at radius 1 is 1.20 bits per heavy atom. The van der Waals surface area contributed by atoms with Crippen molar-refractivity contribution < 1.29 is 0 Å². The van der Waals surface area contributed by atoms with Gasteiger partial charge < -0.3 is 5.32 Å². The van der Waals surface area contributed by atoms with Crippen LogP contribution in [0, 0.1) is 0 Å². The van der Waals surface area contributed by atoms with Gasteiger partial charge in [0.05, 0.1) is 5.69 Å². The first-order valence-electron chi connectivity index (χ1n) is 5.48. The lowest BCUT2D eigenvalue weighted by molar-refractivity contribution is 0.421. The fraction of sp³-hybridized carbons (Fsp3) is 0.750. The molecule has 0 unspecified atom stereocenters. The van der Waals surface area contributed by atoms with E-state index >= 15 is 0 Å². The lowest BCUT2D eigenvalue weighted by Gasteiger charge is -2.19. The van der Waals surface area contributed by atoms with E-state index in [1.807, 2.05) is 0 Å². The molecule has 0 spiro atoms. The second-order valence-corrected chi connectivity index (χ2v) is 6.13. The molecule has 0 amide bonds. The third-order valence-corrected chi connectivity index (χ3v) is 2.21. The maximum Gasteiger partial charge on any atom is 0.0678 e. The lowest BCUT2D eigenvalue weighted by Crippen LogP contribution is -2.35. The third kappa shape index (κ3) is 4.04. The van der Waals surface area contributed by atoms with Crippen molar-refractivity contribution >= 4 is 0 Å². The van der Waals surface area contributed by atoms with Crippen LogP contribution in [0.5, 0.6) is 0 Å². The molecule has 2 N–H and O–H groups in total. The van der Waals surface area contributed by atoms with Crippen molar-refractivity contribution in [1.82, 2.24) is 15.5 Å². The fourth-order valence-electron chi connectivity index (χ4n) is 1.20. The van der Waals surface area contributed by atoms with Crippen molar-refractivity contribution in [2.75, 3.05) is 0 Å². The molecular weight excluding hydrogens is 186 g/mol. The van der Waals surface area contributed by atoms with Gasteiger partial charge in [-0.3, -0.25) is 5.10 Å². The number of hydrogen-bond donors (Lipinski definition) is 2. The minimum Gasteiger partial charge on any atom is -0.306 e. The molecule has 0 saturated carbocycles. The van der Waals surface area contributed by atoms with E-state index in [4.69, 9.17) is 0 Å². The van der Waals surface area contributed by atoms with E-state index in [-0.39, 0.29) is 11.0 Å². The standard InChI is InChI=1S/C12H23N3/c1-11(2,3)10-7-9(14-15-10)8-13-12(4,5)6/h7,13H,8H2,1-6H3,(H,14,15). The molecule has 3 nitrogen and oxygen atoms in total. The van der Waals surface area contributed by atoms with Crippen molar-refractivity contribution in [3.63, 3.8) is 0 Å². The molecule has 0 aliphatic carbocycles. The van der Waals surface area contributed by atoms with Crippen molar-refractivity contribution in [2.24, 2.45) is 0 Å². The number of nitrogens with one attached hydrogen (secondary N) is 2. The molecule has 1 rings (SSSR count). The first-order valence-corrected chi connectivity index (χ1v) is 5.48. The number of rotatable bonds is 2. The summed E-state index contributed by atoms with van der Waals surface area (Å²) in [5, 5.41) is 10.8. The first-order chi connectivity index (χ1) is 6.68. The minimum atomic E-state index is 0.122. The van der Waals surface area contributed by atoms with Crippen molar-refractivity contribution in [2.45, 2.75) is 59.0 Å². The summed E-state index contributed by atoms with van der Waals surface area (Å²) in [6.45, 7) is 13.8. The second kappa shape index (κ2) is 3.97. The largest absolute Gasteiger partial charge is 0.306 e. The van der Waals surface area contributed by atoms with Crippen LogP contribution in [0.25, 0.3) is 0 Å². The number of aromatic amines is 1. The molecule has 0 aliphatic heterocycles. The summed E-state index contributed by atoms with van der Waals surface area (Å²) in [7, 11) is 0. The Hall–Kier alpha value is -0.830. The highest BCUT2D eigenvalue weighted by molar-refractivity contribution is 5.16. The van der Waals surface area contributed by atoms with Gasteiger partial charge in [-0.15, -0.1) is 0 Å². The Balaban J connectivity index is 2.62. The van der Waals surface area contributed by atoms with E-state index < -0.39 is 0 Å². The molecule has 0 saturated heterocycles. The lowest BCUT2D eigenvalue weighted by atomic mass is 9.92. The summed E-state index contributed by atoms with van der Waals surface area (Å²) < 4.78 is 0. The van der Waals surface area contributed by atoms with Gasteiger partial charge >= 0.3 is 0 Å². The highest BCUT2D eigenvalue weighted by Crippen LogP contribution is 2.20. The highest BCUT2D eigenvalue weighted by atomic mass is 15.1. The number of hydrogen-bond acceptors (Lipinski definition) is 2. The number of H-pyrrole nitrogens is 1. The summed E-state index contributed by atoms with van der Waals surface area (Å²) in [6.07, 6.45) is 0. The molecule has 0 atom stereocenters. The minimum absolute atomic E-state index is 0.122. The van der Waals surface area contributed by atoms with Gasteiger partial charge in [0.2, 0.25) is 0 Å². The van der Waals surface area contributed by atoms with Crippen LogP contribution in [-0.4, -0.2) is 15.7 Å². The maximum absolute atomic E-state index is 4.32. The van der Waals surface area contributed by atoms with Crippen LogP contribution in [0.4, 0.5) is 0 Å². The van der Waals surface area contributed by atoms with Crippen LogP contribution in [0.2, 0.25) is 0 Å². The zero-order chi connectivity index (χ0) is 11.7. The molecule has 1 aromatic heterocycles. The van der Waals surface area contributed by atoms with Crippen molar-refractivity contribution in [3.8, 4) is 0 Å². The van der Waals surface area contributed by atoms with Crippen molar-refractivity contribution in [3.05, 3.63) is 17.5 Å². The molecular formula is C12H23N3. The Labute approximate surface area is 92.7 Å². The van der Waals surface area contributed by atoms with Gasteiger partial charge in [-0.25, -0.2) is 0 Å². The van der Waals surface area contributed by atoms with E-state index in [1.54, 1.807) is 0 Å². The van der Waals surface area contributed by atoms with Gasteiger partial charge in [0.1, 0.15) is 0 Å². The Morgan fingerprint density at radius 2 is 1.80 bits per heavy atom. The summed E-state index contributed by atoms with van der Waals surface area (Å²) in [4.78, 5) is 0. The van der Waals surface area contributed by atoms with E-state index in [9.17, 15) is 0 Å². The molecule has 15 heavy (non-hydrogen) atoms. The molecule has 86 valence electrons. The number of aromatic nitrogens is 2. The zero-order valence-corrected chi connectivity index (χ0v) is 10.7. The zero-order valence-electron chi connectivity index (χ0n) is 10.7. The summed E-state index contributed by atoms with van der Waals surface area (Å²) >= 11 is 0. The van der Waals surface area contributed by atoms with Gasteiger partial charge in [0.25, 0.3) is 0 Å². The van der Waals surface area contributed by atoms with Crippen LogP contribution in [0.3, 0.4) is 0 Å². The smallest absolute Gasteiger partial charge is 0.0678 e. The molecule has 1 heterocycles. The molecule has 0 aromatic carbocycles. The van der Waals surface area contributed by atoms with E-state index in [2.05, 4.69) is 63.1 Å².